The maximum Gasteiger partial charge on any atom is 0.175 e. The predicted molar refractivity (Wildman–Crippen MR) is 36.1 cm³/mol. The Bertz CT molecular complexity index is 219. The molecule has 54 valence electrons. The highest BCUT2D eigenvalue weighted by Crippen LogP contribution is 1.88. The Labute approximate surface area is 58.8 Å². The average molecular weight is 139 g/mol. The summed E-state index contributed by atoms with van der Waals surface area (Å²) < 4.78 is 1.61. The molecule has 4 heteroatoms. The van der Waals surface area contributed by atoms with Crippen molar-refractivity contribution in [2.75, 3.05) is 0 Å². The van der Waals surface area contributed by atoms with E-state index in [0.717, 1.165) is 0 Å². The zero-order valence-electron chi connectivity index (χ0n) is 5.56. The standard InChI is InChI=1S/C6H9N3O/c1-2-3-9-5-7-6(4-10)8-9/h2,5,10H,1,3-4H2. The molecule has 0 aliphatic heterocycles. The second-order valence-electron chi connectivity index (χ2n) is 1.83. The Morgan fingerprint density at radius 1 is 1.80 bits per heavy atom. The molecule has 0 atom stereocenters. The minimum Gasteiger partial charge on any atom is -0.388 e. The van der Waals surface area contributed by atoms with Crippen molar-refractivity contribution in [2.24, 2.45) is 0 Å². The van der Waals surface area contributed by atoms with Gasteiger partial charge < -0.3 is 5.11 Å². The van der Waals surface area contributed by atoms with E-state index in [4.69, 9.17) is 5.11 Å². The van der Waals surface area contributed by atoms with E-state index in [1.54, 1.807) is 17.1 Å². The van der Waals surface area contributed by atoms with Crippen LogP contribution in [-0.2, 0) is 13.2 Å². The van der Waals surface area contributed by atoms with Crippen LogP contribution in [0.15, 0.2) is 19.0 Å². The lowest BCUT2D eigenvalue weighted by Gasteiger charge is -1.89. The van der Waals surface area contributed by atoms with Crippen LogP contribution in [0.2, 0.25) is 0 Å². The van der Waals surface area contributed by atoms with Crippen molar-refractivity contribution in [3.05, 3.63) is 24.8 Å². The molecule has 0 aromatic carbocycles. The van der Waals surface area contributed by atoms with Gasteiger partial charge in [-0.2, -0.15) is 5.10 Å². The van der Waals surface area contributed by atoms with Gasteiger partial charge in [0.2, 0.25) is 0 Å². The van der Waals surface area contributed by atoms with Gasteiger partial charge in [-0.25, -0.2) is 9.67 Å². The molecule has 0 aliphatic rings. The Morgan fingerprint density at radius 3 is 3.10 bits per heavy atom. The van der Waals surface area contributed by atoms with Crippen molar-refractivity contribution < 1.29 is 5.11 Å². The van der Waals surface area contributed by atoms with E-state index in [-0.39, 0.29) is 6.61 Å². The van der Waals surface area contributed by atoms with Crippen LogP contribution in [0.1, 0.15) is 5.82 Å². The van der Waals surface area contributed by atoms with Crippen LogP contribution in [0, 0.1) is 0 Å². The van der Waals surface area contributed by atoms with Crippen molar-refractivity contribution in [1.82, 2.24) is 14.8 Å². The first-order valence-corrected chi connectivity index (χ1v) is 2.97. The molecular formula is C6H9N3O. The highest BCUT2D eigenvalue weighted by molar-refractivity contribution is 4.79. The summed E-state index contributed by atoms with van der Waals surface area (Å²) in [6.45, 7) is 4.06. The Balaban J connectivity index is 2.67. The smallest absolute Gasteiger partial charge is 0.175 e. The van der Waals surface area contributed by atoms with E-state index in [1.165, 1.54) is 0 Å². The number of allylic oxidation sites excluding steroid dienone is 1. The number of rotatable bonds is 3. The van der Waals surface area contributed by atoms with Crippen LogP contribution in [0.3, 0.4) is 0 Å². The van der Waals surface area contributed by atoms with Gasteiger partial charge in [0.1, 0.15) is 12.9 Å². The monoisotopic (exact) mass is 139 g/mol. The number of hydrogen-bond acceptors (Lipinski definition) is 3. The molecule has 10 heavy (non-hydrogen) atoms. The number of hydrogen-bond donors (Lipinski definition) is 1. The Morgan fingerprint density at radius 2 is 2.60 bits per heavy atom. The third kappa shape index (κ3) is 1.41. The summed E-state index contributed by atoms with van der Waals surface area (Å²) in [4.78, 5) is 3.81. The van der Waals surface area contributed by atoms with E-state index in [2.05, 4.69) is 16.7 Å². The average Bonchev–Trinajstić information content (AvgIpc) is 2.37. The van der Waals surface area contributed by atoms with Crippen LogP contribution in [0.4, 0.5) is 0 Å². The lowest BCUT2D eigenvalue weighted by atomic mass is 10.6. The van der Waals surface area contributed by atoms with E-state index in [0.29, 0.717) is 12.4 Å². The van der Waals surface area contributed by atoms with E-state index in [1.807, 2.05) is 0 Å². The summed E-state index contributed by atoms with van der Waals surface area (Å²) in [6, 6.07) is 0. The molecule has 0 radical (unpaired) electrons. The first-order valence-electron chi connectivity index (χ1n) is 2.97. The predicted octanol–water partition coefficient (Wildman–Crippen LogP) is -0.0436. The summed E-state index contributed by atoms with van der Waals surface area (Å²) in [7, 11) is 0. The highest BCUT2D eigenvalue weighted by Gasteiger charge is 1.94. The third-order valence-corrected chi connectivity index (χ3v) is 1.04. The largest absolute Gasteiger partial charge is 0.388 e. The molecule has 0 fully saturated rings. The minimum atomic E-state index is -0.107. The summed E-state index contributed by atoms with van der Waals surface area (Å²) in [5, 5.41) is 12.5. The number of aliphatic hydroxyl groups is 1. The second-order valence-corrected chi connectivity index (χ2v) is 1.83. The fraction of sp³-hybridized carbons (Fsp3) is 0.333. The zero-order chi connectivity index (χ0) is 7.40. The molecule has 1 rings (SSSR count). The van der Waals surface area contributed by atoms with Gasteiger partial charge in [-0.05, 0) is 0 Å². The third-order valence-electron chi connectivity index (χ3n) is 1.04. The lowest BCUT2D eigenvalue weighted by Crippen LogP contribution is -1.96. The maximum atomic E-state index is 8.55. The lowest BCUT2D eigenvalue weighted by molar-refractivity contribution is 0.271. The molecule has 1 N–H and O–H groups in total. The first kappa shape index (κ1) is 6.95. The van der Waals surface area contributed by atoms with Crippen LogP contribution in [0.5, 0.6) is 0 Å². The molecular weight excluding hydrogens is 130 g/mol. The van der Waals surface area contributed by atoms with Crippen LogP contribution >= 0.6 is 0 Å². The van der Waals surface area contributed by atoms with Gasteiger partial charge in [0, 0.05) is 0 Å². The highest BCUT2D eigenvalue weighted by atomic mass is 16.3. The van der Waals surface area contributed by atoms with Crippen molar-refractivity contribution in [3.8, 4) is 0 Å². The van der Waals surface area contributed by atoms with Gasteiger partial charge in [0.05, 0.1) is 6.54 Å². The minimum absolute atomic E-state index is 0.107. The molecule has 0 saturated heterocycles. The van der Waals surface area contributed by atoms with Gasteiger partial charge in [0.15, 0.2) is 5.82 Å². The number of nitrogens with zero attached hydrogens (tertiary/aromatic N) is 3. The van der Waals surface area contributed by atoms with Gasteiger partial charge in [-0.15, -0.1) is 6.58 Å². The topological polar surface area (TPSA) is 50.9 Å². The maximum absolute atomic E-state index is 8.55. The number of aromatic nitrogens is 3. The molecule has 1 heterocycles. The normalized spacial score (nSPS) is 9.70. The molecule has 1 aromatic heterocycles. The van der Waals surface area contributed by atoms with Crippen LogP contribution in [0.25, 0.3) is 0 Å². The quantitative estimate of drug-likeness (QED) is 0.597. The molecule has 0 amide bonds. The van der Waals surface area contributed by atoms with Gasteiger partial charge in [0.25, 0.3) is 0 Å². The van der Waals surface area contributed by atoms with Crippen LogP contribution in [-0.4, -0.2) is 19.9 Å². The first-order chi connectivity index (χ1) is 4.86. The molecule has 0 unspecified atom stereocenters. The summed E-state index contributed by atoms with van der Waals surface area (Å²) >= 11 is 0. The number of aliphatic hydroxyl groups excluding tert-OH is 1. The summed E-state index contributed by atoms with van der Waals surface area (Å²) in [6.07, 6.45) is 3.28. The van der Waals surface area contributed by atoms with E-state index < -0.39 is 0 Å². The molecule has 1 aromatic rings. The fourth-order valence-corrected chi connectivity index (χ4v) is 0.626. The SMILES string of the molecule is C=CCn1cnc(CO)n1. The molecule has 0 aliphatic carbocycles. The molecule has 4 nitrogen and oxygen atoms in total. The Hall–Kier alpha value is -1.16. The van der Waals surface area contributed by atoms with Crippen molar-refractivity contribution >= 4 is 0 Å². The Kier molecular flexibility index (Phi) is 2.17. The second kappa shape index (κ2) is 3.12. The molecule has 0 spiro atoms. The van der Waals surface area contributed by atoms with Crippen LogP contribution < -0.4 is 0 Å². The zero-order valence-corrected chi connectivity index (χ0v) is 5.56. The van der Waals surface area contributed by atoms with E-state index in [9.17, 15) is 0 Å². The summed E-state index contributed by atoms with van der Waals surface area (Å²) in [5.41, 5.74) is 0. The summed E-state index contributed by atoms with van der Waals surface area (Å²) in [5.74, 6) is 0.446. The van der Waals surface area contributed by atoms with Gasteiger partial charge >= 0.3 is 0 Å². The fourth-order valence-electron chi connectivity index (χ4n) is 0.626. The van der Waals surface area contributed by atoms with Crippen molar-refractivity contribution in [3.63, 3.8) is 0 Å². The molecule has 0 bridgehead atoms. The van der Waals surface area contributed by atoms with E-state index >= 15 is 0 Å². The van der Waals surface area contributed by atoms with Gasteiger partial charge in [-0.3, -0.25) is 0 Å². The van der Waals surface area contributed by atoms with Crippen molar-refractivity contribution in [1.29, 1.82) is 0 Å². The van der Waals surface area contributed by atoms with Crippen molar-refractivity contribution in [2.45, 2.75) is 13.2 Å². The van der Waals surface area contributed by atoms with Gasteiger partial charge in [-0.1, -0.05) is 6.08 Å². The molecule has 0 saturated carbocycles.